The molecule has 0 spiro atoms. The van der Waals surface area contributed by atoms with Crippen molar-refractivity contribution in [2.75, 3.05) is 14.2 Å². The molecule has 1 N–H and O–H groups in total. The van der Waals surface area contributed by atoms with E-state index in [0.29, 0.717) is 11.3 Å². The Morgan fingerprint density at radius 3 is 2.62 bits per heavy atom. The van der Waals surface area contributed by atoms with E-state index in [4.69, 9.17) is 0 Å². The fraction of sp³-hybridized carbons (Fsp3) is 0.273. The number of hydrogen-bond donors (Lipinski definition) is 1. The monoisotopic (exact) mass is 223 g/mol. The van der Waals surface area contributed by atoms with Crippen molar-refractivity contribution in [2.45, 2.75) is 6.92 Å². The second kappa shape index (κ2) is 5.16. The zero-order valence-electron chi connectivity index (χ0n) is 9.35. The molecule has 86 valence electrons. The Bertz CT molecular complexity index is 426. The first-order valence-electron chi connectivity index (χ1n) is 4.60. The molecular weight excluding hydrogens is 210 g/mol. The maximum atomic E-state index is 11.5. The molecule has 0 fully saturated rings. The van der Waals surface area contributed by atoms with Gasteiger partial charge in [-0.05, 0) is 13.0 Å². The first-order chi connectivity index (χ1) is 7.61. The van der Waals surface area contributed by atoms with E-state index in [9.17, 15) is 9.90 Å². The van der Waals surface area contributed by atoms with Crippen LogP contribution in [0.5, 0.6) is 5.75 Å². The molecular formula is C11H13NO4. The number of carbonyl (C=O) groups is 1. The van der Waals surface area contributed by atoms with Gasteiger partial charge in [-0.2, -0.15) is 0 Å². The standard InChI is InChI=1S/C11H13NO4/c1-7(12-16-3)8-5-4-6-9(13)10(8)11(14)15-2/h4-6,13H,1-3H3. The number of phenols is 1. The van der Waals surface area contributed by atoms with Gasteiger partial charge in [0.2, 0.25) is 0 Å². The summed E-state index contributed by atoms with van der Waals surface area (Å²) < 4.78 is 4.59. The Balaban J connectivity index is 3.34. The Labute approximate surface area is 93.3 Å². The van der Waals surface area contributed by atoms with Crippen LogP contribution in [-0.2, 0) is 9.57 Å². The van der Waals surface area contributed by atoms with E-state index in [1.54, 1.807) is 19.1 Å². The number of rotatable bonds is 3. The summed E-state index contributed by atoms with van der Waals surface area (Å²) in [5.74, 6) is -0.756. The largest absolute Gasteiger partial charge is 0.507 e. The highest BCUT2D eigenvalue weighted by atomic mass is 16.6. The van der Waals surface area contributed by atoms with Gasteiger partial charge in [-0.1, -0.05) is 17.3 Å². The Kier molecular flexibility index (Phi) is 3.88. The summed E-state index contributed by atoms with van der Waals surface area (Å²) in [5, 5.41) is 13.3. The molecule has 0 aliphatic rings. The lowest BCUT2D eigenvalue weighted by Gasteiger charge is -2.08. The molecule has 0 saturated carbocycles. The molecule has 0 aliphatic carbocycles. The fourth-order valence-corrected chi connectivity index (χ4v) is 1.34. The molecule has 0 aromatic heterocycles. The molecule has 0 saturated heterocycles. The van der Waals surface area contributed by atoms with Crippen LogP contribution in [0.25, 0.3) is 0 Å². The van der Waals surface area contributed by atoms with Gasteiger partial charge in [-0.3, -0.25) is 0 Å². The topological polar surface area (TPSA) is 68.1 Å². The van der Waals surface area contributed by atoms with Crippen LogP contribution in [0, 0.1) is 0 Å². The minimum Gasteiger partial charge on any atom is -0.507 e. The number of carbonyl (C=O) groups excluding carboxylic acids is 1. The second-order valence-corrected chi connectivity index (χ2v) is 3.05. The van der Waals surface area contributed by atoms with Gasteiger partial charge in [-0.25, -0.2) is 4.79 Å². The van der Waals surface area contributed by atoms with Crippen molar-refractivity contribution < 1.29 is 19.5 Å². The lowest BCUT2D eigenvalue weighted by atomic mass is 10.0. The maximum Gasteiger partial charge on any atom is 0.342 e. The van der Waals surface area contributed by atoms with Crippen LogP contribution in [0.1, 0.15) is 22.8 Å². The number of aromatic hydroxyl groups is 1. The molecule has 0 aliphatic heterocycles. The van der Waals surface area contributed by atoms with E-state index in [2.05, 4.69) is 14.7 Å². The Morgan fingerprint density at radius 1 is 1.38 bits per heavy atom. The number of hydrogen-bond acceptors (Lipinski definition) is 5. The number of ether oxygens (including phenoxy) is 1. The zero-order valence-corrected chi connectivity index (χ0v) is 9.35. The number of methoxy groups -OCH3 is 1. The van der Waals surface area contributed by atoms with Gasteiger partial charge >= 0.3 is 5.97 Å². The minimum absolute atomic E-state index is 0.0864. The van der Waals surface area contributed by atoms with Crippen molar-refractivity contribution in [3.8, 4) is 5.75 Å². The number of nitrogens with zero attached hydrogens (tertiary/aromatic N) is 1. The minimum atomic E-state index is -0.612. The number of esters is 1. The van der Waals surface area contributed by atoms with E-state index in [1.165, 1.54) is 20.3 Å². The summed E-state index contributed by atoms with van der Waals surface area (Å²) in [4.78, 5) is 16.1. The van der Waals surface area contributed by atoms with Crippen molar-refractivity contribution in [3.63, 3.8) is 0 Å². The van der Waals surface area contributed by atoms with Crippen molar-refractivity contribution in [2.24, 2.45) is 5.16 Å². The maximum absolute atomic E-state index is 11.5. The molecule has 0 radical (unpaired) electrons. The predicted octanol–water partition coefficient (Wildman–Crippen LogP) is 1.55. The number of phenolic OH excluding ortho intramolecular Hbond substituents is 1. The SMILES string of the molecule is CON=C(C)c1cccc(O)c1C(=O)OC. The van der Waals surface area contributed by atoms with Crippen LogP contribution >= 0.6 is 0 Å². The molecule has 1 aromatic rings. The molecule has 0 amide bonds. The van der Waals surface area contributed by atoms with Gasteiger partial charge in [0.15, 0.2) is 0 Å². The highest BCUT2D eigenvalue weighted by molar-refractivity contribution is 6.09. The van der Waals surface area contributed by atoms with Gasteiger partial charge < -0.3 is 14.7 Å². The third kappa shape index (κ3) is 2.31. The van der Waals surface area contributed by atoms with Gasteiger partial charge in [-0.15, -0.1) is 0 Å². The van der Waals surface area contributed by atoms with E-state index >= 15 is 0 Å². The summed E-state index contributed by atoms with van der Waals surface area (Å²) >= 11 is 0. The average molecular weight is 223 g/mol. The Hall–Kier alpha value is -2.04. The molecule has 1 rings (SSSR count). The summed E-state index contributed by atoms with van der Waals surface area (Å²) in [7, 11) is 2.66. The van der Waals surface area contributed by atoms with E-state index < -0.39 is 5.97 Å². The van der Waals surface area contributed by atoms with Crippen LogP contribution in [0.2, 0.25) is 0 Å². The third-order valence-electron chi connectivity index (χ3n) is 2.05. The third-order valence-corrected chi connectivity index (χ3v) is 2.05. The average Bonchev–Trinajstić information content (AvgIpc) is 2.28. The van der Waals surface area contributed by atoms with Crippen molar-refractivity contribution in [1.29, 1.82) is 0 Å². The molecule has 1 aromatic carbocycles. The van der Waals surface area contributed by atoms with E-state index in [0.717, 1.165) is 0 Å². The van der Waals surface area contributed by atoms with Gasteiger partial charge in [0, 0.05) is 5.56 Å². The first-order valence-corrected chi connectivity index (χ1v) is 4.60. The van der Waals surface area contributed by atoms with E-state index in [1.807, 2.05) is 0 Å². The number of oxime groups is 1. The molecule has 0 atom stereocenters. The van der Waals surface area contributed by atoms with Crippen LogP contribution in [0.15, 0.2) is 23.4 Å². The van der Waals surface area contributed by atoms with Crippen LogP contribution in [0.4, 0.5) is 0 Å². The van der Waals surface area contributed by atoms with Gasteiger partial charge in [0.1, 0.15) is 18.4 Å². The molecule has 0 unspecified atom stereocenters. The quantitative estimate of drug-likeness (QED) is 0.479. The summed E-state index contributed by atoms with van der Waals surface area (Å²) in [6.07, 6.45) is 0. The van der Waals surface area contributed by atoms with Crippen molar-refractivity contribution in [3.05, 3.63) is 29.3 Å². The van der Waals surface area contributed by atoms with Crippen LogP contribution in [0.3, 0.4) is 0 Å². The molecule has 0 heterocycles. The molecule has 5 nitrogen and oxygen atoms in total. The molecule has 5 heteroatoms. The zero-order chi connectivity index (χ0) is 12.1. The summed E-state index contributed by atoms with van der Waals surface area (Å²) in [6, 6.07) is 4.69. The normalized spacial score (nSPS) is 11.1. The lowest BCUT2D eigenvalue weighted by Crippen LogP contribution is -2.09. The van der Waals surface area contributed by atoms with Crippen molar-refractivity contribution >= 4 is 11.7 Å². The van der Waals surface area contributed by atoms with E-state index in [-0.39, 0.29) is 11.3 Å². The van der Waals surface area contributed by atoms with Crippen LogP contribution < -0.4 is 0 Å². The molecule has 0 bridgehead atoms. The highest BCUT2D eigenvalue weighted by Gasteiger charge is 2.18. The van der Waals surface area contributed by atoms with Gasteiger partial charge in [0.25, 0.3) is 0 Å². The Morgan fingerprint density at radius 2 is 2.06 bits per heavy atom. The highest BCUT2D eigenvalue weighted by Crippen LogP contribution is 2.22. The van der Waals surface area contributed by atoms with Gasteiger partial charge in [0.05, 0.1) is 12.8 Å². The van der Waals surface area contributed by atoms with Crippen molar-refractivity contribution in [1.82, 2.24) is 0 Å². The summed E-state index contributed by atoms with van der Waals surface area (Å²) in [5.41, 5.74) is 1.05. The van der Waals surface area contributed by atoms with Crippen LogP contribution in [-0.4, -0.2) is 31.0 Å². The second-order valence-electron chi connectivity index (χ2n) is 3.05. The predicted molar refractivity (Wildman–Crippen MR) is 58.7 cm³/mol. The lowest BCUT2D eigenvalue weighted by molar-refractivity contribution is 0.0597. The smallest absolute Gasteiger partial charge is 0.342 e. The number of benzene rings is 1. The summed E-state index contributed by atoms with van der Waals surface area (Å²) in [6.45, 7) is 1.67. The molecule has 16 heavy (non-hydrogen) atoms. The fourth-order valence-electron chi connectivity index (χ4n) is 1.34. The first kappa shape index (κ1) is 12.0.